The van der Waals surface area contributed by atoms with Crippen LogP contribution in [-0.4, -0.2) is 35.1 Å². The zero-order valence-corrected chi connectivity index (χ0v) is 22.6. The third-order valence-electron chi connectivity index (χ3n) is 5.92. The molecule has 0 radical (unpaired) electrons. The molecular weight excluding hydrogens is 466 g/mol. The van der Waals surface area contributed by atoms with Crippen LogP contribution in [0.2, 0.25) is 0 Å². The summed E-state index contributed by atoms with van der Waals surface area (Å²) in [5.74, 6) is 1.86. The topological polar surface area (TPSA) is 74.1 Å². The number of anilines is 1. The first-order valence-electron chi connectivity index (χ1n) is 12.3. The van der Waals surface area contributed by atoms with Crippen molar-refractivity contribution in [1.82, 2.24) is 9.38 Å². The second-order valence-corrected chi connectivity index (χ2v) is 11.0. The van der Waals surface area contributed by atoms with Gasteiger partial charge >= 0.3 is 5.97 Å². The number of aromatic nitrogens is 2. The average molecular weight is 502 g/mol. The van der Waals surface area contributed by atoms with Gasteiger partial charge in [-0.05, 0) is 80.3 Å². The number of nitrogens with zero attached hydrogens (tertiary/aromatic N) is 2. The quantitative estimate of drug-likeness (QED) is 0.210. The highest BCUT2D eigenvalue weighted by molar-refractivity contribution is 5.91. The van der Waals surface area contributed by atoms with Crippen molar-refractivity contribution in [1.29, 1.82) is 0 Å². The molecule has 0 unspecified atom stereocenters. The number of hydrogen-bond donors (Lipinski definition) is 1. The normalized spacial score (nSPS) is 11.9. The lowest BCUT2D eigenvalue weighted by atomic mass is 9.82. The highest BCUT2D eigenvalue weighted by Crippen LogP contribution is 2.38. The van der Waals surface area contributed by atoms with Gasteiger partial charge in [0.15, 0.2) is 11.5 Å². The summed E-state index contributed by atoms with van der Waals surface area (Å²) >= 11 is 0. The zero-order chi connectivity index (χ0) is 26.8. The molecule has 0 aliphatic heterocycles. The second-order valence-electron chi connectivity index (χ2n) is 11.0. The number of pyridine rings is 1. The number of carbonyl (C=O) groups excluding carboxylic acids is 1. The molecule has 0 aliphatic carbocycles. The number of methoxy groups -OCH3 is 2. The van der Waals surface area contributed by atoms with Crippen molar-refractivity contribution in [3.8, 4) is 28.5 Å². The van der Waals surface area contributed by atoms with Crippen LogP contribution in [0.4, 0.5) is 5.82 Å². The van der Waals surface area contributed by atoms with Crippen LogP contribution in [0.1, 0.15) is 51.4 Å². The van der Waals surface area contributed by atoms with Gasteiger partial charge in [-0.2, -0.15) is 0 Å². The fourth-order valence-corrected chi connectivity index (χ4v) is 4.79. The number of imidazole rings is 1. The van der Waals surface area contributed by atoms with Crippen LogP contribution >= 0.6 is 0 Å². The molecule has 7 heteroatoms. The Kier molecular flexibility index (Phi) is 7.16. The van der Waals surface area contributed by atoms with E-state index in [4.69, 9.17) is 19.2 Å². The maximum absolute atomic E-state index is 12.7. The van der Waals surface area contributed by atoms with Crippen LogP contribution in [0.15, 0.2) is 66.9 Å². The molecule has 0 aliphatic rings. The molecule has 4 rings (SSSR count). The summed E-state index contributed by atoms with van der Waals surface area (Å²) in [4.78, 5) is 17.7. The molecule has 4 aromatic rings. The van der Waals surface area contributed by atoms with E-state index in [9.17, 15) is 4.79 Å². The lowest BCUT2D eigenvalue weighted by molar-refractivity contribution is 0.0729. The van der Waals surface area contributed by atoms with Gasteiger partial charge in [0, 0.05) is 17.3 Å². The number of benzene rings is 2. The SMILES string of the molecule is COc1ccc(C(=O)Oc2ccc(-c3nc4ccccn4c3NC(C)(C)CC(C)(C)C)cc2OC)cc1. The fourth-order valence-electron chi connectivity index (χ4n) is 4.79. The molecule has 2 heterocycles. The van der Waals surface area contributed by atoms with Crippen molar-refractivity contribution in [3.05, 3.63) is 72.4 Å². The summed E-state index contributed by atoms with van der Waals surface area (Å²) in [7, 11) is 3.13. The first-order valence-corrected chi connectivity index (χ1v) is 12.3. The maximum Gasteiger partial charge on any atom is 0.343 e. The van der Waals surface area contributed by atoms with E-state index in [0.717, 1.165) is 29.1 Å². The van der Waals surface area contributed by atoms with Gasteiger partial charge in [-0.1, -0.05) is 26.8 Å². The van der Waals surface area contributed by atoms with E-state index in [2.05, 4.69) is 44.3 Å². The summed E-state index contributed by atoms with van der Waals surface area (Å²) in [5.41, 5.74) is 2.85. The van der Waals surface area contributed by atoms with Crippen molar-refractivity contribution in [3.63, 3.8) is 0 Å². The number of ether oxygens (including phenoxy) is 3. The number of rotatable bonds is 8. The molecule has 1 N–H and O–H groups in total. The molecule has 0 atom stereocenters. The Hall–Kier alpha value is -4.00. The first kappa shape index (κ1) is 26.1. The van der Waals surface area contributed by atoms with E-state index in [1.165, 1.54) is 0 Å². The molecule has 0 saturated carbocycles. The molecule has 2 aromatic heterocycles. The lowest BCUT2D eigenvalue weighted by Crippen LogP contribution is -2.36. The van der Waals surface area contributed by atoms with Gasteiger partial charge in [0.05, 0.1) is 19.8 Å². The van der Waals surface area contributed by atoms with Gasteiger partial charge in [0.25, 0.3) is 0 Å². The number of fused-ring (bicyclic) bond motifs is 1. The third-order valence-corrected chi connectivity index (χ3v) is 5.92. The Morgan fingerprint density at radius 2 is 1.65 bits per heavy atom. The molecule has 0 saturated heterocycles. The predicted octanol–water partition coefficient (Wildman–Crippen LogP) is 6.86. The molecule has 2 aromatic carbocycles. The predicted molar refractivity (Wildman–Crippen MR) is 147 cm³/mol. The summed E-state index contributed by atoms with van der Waals surface area (Å²) in [6, 6.07) is 18.2. The van der Waals surface area contributed by atoms with Gasteiger partial charge in [-0.15, -0.1) is 0 Å². The second kappa shape index (κ2) is 10.2. The summed E-state index contributed by atoms with van der Waals surface area (Å²) in [5, 5.41) is 3.74. The van der Waals surface area contributed by atoms with Crippen molar-refractivity contribution in [2.75, 3.05) is 19.5 Å². The van der Waals surface area contributed by atoms with Crippen LogP contribution in [0, 0.1) is 5.41 Å². The van der Waals surface area contributed by atoms with Crippen molar-refractivity contribution in [2.45, 2.75) is 46.6 Å². The molecule has 0 fully saturated rings. The van der Waals surface area contributed by atoms with Crippen molar-refractivity contribution >= 4 is 17.4 Å². The third kappa shape index (κ3) is 6.05. The lowest BCUT2D eigenvalue weighted by Gasteiger charge is -2.34. The standard InChI is InChI=1S/C30H35N3O4/c1-29(2,3)19-30(4,5)32-27-26(31-25-10-8-9-17-33(25)27)21-13-16-23(24(18-21)36-7)37-28(34)20-11-14-22(35-6)15-12-20/h8-18,32H,19H2,1-7H3. The van der Waals surface area contributed by atoms with Crippen LogP contribution in [-0.2, 0) is 0 Å². The van der Waals surface area contributed by atoms with Crippen molar-refractivity contribution in [2.24, 2.45) is 5.41 Å². The maximum atomic E-state index is 12.7. The molecule has 7 nitrogen and oxygen atoms in total. The monoisotopic (exact) mass is 501 g/mol. The number of esters is 1. The Morgan fingerprint density at radius 3 is 2.30 bits per heavy atom. The molecule has 37 heavy (non-hydrogen) atoms. The smallest absolute Gasteiger partial charge is 0.343 e. The minimum atomic E-state index is -0.479. The zero-order valence-electron chi connectivity index (χ0n) is 22.6. The van der Waals surface area contributed by atoms with Gasteiger partial charge in [0.2, 0.25) is 0 Å². The minimum Gasteiger partial charge on any atom is -0.497 e. The van der Waals surface area contributed by atoms with Gasteiger partial charge < -0.3 is 19.5 Å². The Bertz CT molecular complexity index is 1400. The summed E-state index contributed by atoms with van der Waals surface area (Å²) in [6.45, 7) is 11.1. The van der Waals surface area contributed by atoms with Crippen LogP contribution in [0.25, 0.3) is 16.9 Å². The van der Waals surface area contributed by atoms with Crippen molar-refractivity contribution < 1.29 is 19.0 Å². The van der Waals surface area contributed by atoms with Gasteiger partial charge in [-0.25, -0.2) is 9.78 Å². The van der Waals surface area contributed by atoms with E-state index < -0.39 is 5.97 Å². The fraction of sp³-hybridized carbons (Fsp3) is 0.333. The number of carbonyl (C=O) groups is 1. The van der Waals surface area contributed by atoms with Crippen LogP contribution in [0.3, 0.4) is 0 Å². The highest BCUT2D eigenvalue weighted by atomic mass is 16.6. The Morgan fingerprint density at radius 1 is 0.919 bits per heavy atom. The number of hydrogen-bond acceptors (Lipinski definition) is 6. The molecule has 194 valence electrons. The molecular formula is C30H35N3O4. The van der Waals surface area contributed by atoms with Gasteiger partial charge in [-0.3, -0.25) is 4.40 Å². The number of nitrogens with one attached hydrogen (secondary N) is 1. The Balaban J connectivity index is 1.69. The average Bonchev–Trinajstić information content (AvgIpc) is 3.20. The summed E-state index contributed by atoms with van der Waals surface area (Å²) < 4.78 is 18.5. The minimum absolute atomic E-state index is 0.149. The van der Waals surface area contributed by atoms with Gasteiger partial charge in [0.1, 0.15) is 22.9 Å². The van der Waals surface area contributed by atoms with Crippen LogP contribution < -0.4 is 19.5 Å². The largest absolute Gasteiger partial charge is 0.497 e. The molecule has 0 spiro atoms. The van der Waals surface area contributed by atoms with E-state index >= 15 is 0 Å². The van der Waals surface area contributed by atoms with E-state index in [1.807, 2.05) is 36.5 Å². The highest BCUT2D eigenvalue weighted by Gasteiger charge is 2.28. The molecule has 0 amide bonds. The van der Waals surface area contributed by atoms with E-state index in [0.29, 0.717) is 22.8 Å². The van der Waals surface area contributed by atoms with E-state index in [-0.39, 0.29) is 11.0 Å². The van der Waals surface area contributed by atoms with Crippen LogP contribution in [0.5, 0.6) is 17.2 Å². The Labute approximate surface area is 218 Å². The summed E-state index contributed by atoms with van der Waals surface area (Å²) in [6.07, 6.45) is 2.96. The first-order chi connectivity index (χ1) is 17.5. The molecule has 0 bridgehead atoms. The van der Waals surface area contributed by atoms with E-state index in [1.54, 1.807) is 44.6 Å².